The Labute approximate surface area is 162 Å². The van der Waals surface area contributed by atoms with Crippen molar-refractivity contribution < 1.29 is 9.53 Å². The van der Waals surface area contributed by atoms with Crippen LogP contribution >= 0.6 is 39.0 Å². The molecule has 0 fully saturated rings. The largest absolute Gasteiger partial charge is 0.497 e. The number of nitrogens with zero attached hydrogens (tertiary/aromatic N) is 2. The van der Waals surface area contributed by atoms with Crippen molar-refractivity contribution in [2.45, 2.75) is 10.1 Å². The number of methoxy groups -OCH3 is 1. The van der Waals surface area contributed by atoms with Crippen molar-refractivity contribution in [3.8, 4) is 5.75 Å². The van der Waals surface area contributed by atoms with Crippen molar-refractivity contribution >= 4 is 50.1 Å². The molecule has 3 aromatic rings. The summed E-state index contributed by atoms with van der Waals surface area (Å²) in [7, 11) is 1.65. The molecule has 5 nitrogen and oxygen atoms in total. The smallest absolute Gasteiger partial charge is 0.257 e. The fraction of sp³-hybridized carbons (Fsp3) is 0.118. The number of ether oxygens (including phenoxy) is 1. The fourth-order valence-electron chi connectivity index (χ4n) is 1.96. The van der Waals surface area contributed by atoms with Gasteiger partial charge < -0.3 is 4.74 Å². The lowest BCUT2D eigenvalue weighted by Gasteiger charge is -2.02. The van der Waals surface area contributed by atoms with Crippen molar-refractivity contribution in [3.63, 3.8) is 0 Å². The molecular formula is C17H14BrN3O2S2. The first kappa shape index (κ1) is 17.9. The van der Waals surface area contributed by atoms with Gasteiger partial charge in [-0.1, -0.05) is 51.2 Å². The van der Waals surface area contributed by atoms with E-state index < -0.39 is 0 Å². The number of carbonyl (C=O) groups is 1. The molecule has 0 unspecified atom stereocenters. The Hall–Kier alpha value is -1.90. The van der Waals surface area contributed by atoms with Gasteiger partial charge in [0.05, 0.1) is 7.11 Å². The van der Waals surface area contributed by atoms with Crippen LogP contribution in [-0.4, -0.2) is 23.2 Å². The Balaban J connectivity index is 1.56. The highest BCUT2D eigenvalue weighted by molar-refractivity contribution is 9.10. The van der Waals surface area contributed by atoms with Crippen LogP contribution in [0.4, 0.5) is 5.13 Å². The van der Waals surface area contributed by atoms with E-state index in [0.29, 0.717) is 10.7 Å². The number of nitrogens with one attached hydrogen (secondary N) is 1. The van der Waals surface area contributed by atoms with E-state index in [1.54, 1.807) is 31.0 Å². The summed E-state index contributed by atoms with van der Waals surface area (Å²) in [6.45, 7) is 0. The SMILES string of the molecule is COc1ccc(CSc2nnc(NC(=O)c3ccc(Br)cc3)s2)cc1. The predicted molar refractivity (Wildman–Crippen MR) is 105 cm³/mol. The molecule has 0 bridgehead atoms. The Bertz CT molecular complexity index is 851. The van der Waals surface area contributed by atoms with E-state index in [2.05, 4.69) is 31.4 Å². The first-order chi connectivity index (χ1) is 12.1. The quantitative estimate of drug-likeness (QED) is 0.442. The third-order valence-electron chi connectivity index (χ3n) is 3.25. The Kier molecular flexibility index (Phi) is 6.06. The number of halogens is 1. The lowest BCUT2D eigenvalue weighted by molar-refractivity contribution is 0.102. The lowest BCUT2D eigenvalue weighted by atomic mass is 10.2. The number of thioether (sulfide) groups is 1. The normalized spacial score (nSPS) is 10.5. The zero-order chi connectivity index (χ0) is 17.6. The first-order valence-corrected chi connectivity index (χ1v) is 9.90. The summed E-state index contributed by atoms with van der Waals surface area (Å²) in [5, 5.41) is 11.4. The molecule has 1 N–H and O–H groups in total. The summed E-state index contributed by atoms with van der Waals surface area (Å²) in [6.07, 6.45) is 0. The van der Waals surface area contributed by atoms with Crippen molar-refractivity contribution in [3.05, 3.63) is 64.1 Å². The average molecular weight is 436 g/mol. The number of rotatable bonds is 6. The van der Waals surface area contributed by atoms with Crippen molar-refractivity contribution in [2.24, 2.45) is 0 Å². The van der Waals surface area contributed by atoms with E-state index in [9.17, 15) is 4.79 Å². The maximum absolute atomic E-state index is 12.2. The standard InChI is InChI=1S/C17H14BrN3O2S2/c1-23-14-8-2-11(3-9-14)10-24-17-21-20-16(25-17)19-15(22)12-4-6-13(18)7-5-12/h2-9H,10H2,1H3,(H,19,20,22). The predicted octanol–water partition coefficient (Wildman–Crippen LogP) is 4.85. The van der Waals surface area contributed by atoms with Gasteiger partial charge in [-0.25, -0.2) is 0 Å². The molecule has 128 valence electrons. The molecule has 0 radical (unpaired) electrons. The van der Waals surface area contributed by atoms with Crippen LogP contribution in [0.1, 0.15) is 15.9 Å². The van der Waals surface area contributed by atoms with E-state index in [4.69, 9.17) is 4.74 Å². The average Bonchev–Trinajstić information content (AvgIpc) is 3.08. The second-order valence-corrected chi connectivity index (χ2v) is 8.09. The number of benzene rings is 2. The number of hydrogen-bond donors (Lipinski definition) is 1. The molecule has 1 amide bonds. The molecule has 2 aromatic carbocycles. The highest BCUT2D eigenvalue weighted by atomic mass is 79.9. The van der Waals surface area contributed by atoms with E-state index in [-0.39, 0.29) is 5.91 Å². The summed E-state index contributed by atoms with van der Waals surface area (Å²) >= 11 is 6.29. The van der Waals surface area contributed by atoms with Crippen molar-refractivity contribution in [1.82, 2.24) is 10.2 Å². The molecule has 1 aromatic heterocycles. The molecule has 0 aliphatic carbocycles. The summed E-state index contributed by atoms with van der Waals surface area (Å²) in [5.74, 6) is 1.41. The fourth-order valence-corrected chi connectivity index (χ4v) is 3.92. The molecule has 1 heterocycles. The van der Waals surface area contributed by atoms with Gasteiger partial charge in [-0.3, -0.25) is 10.1 Å². The highest BCUT2D eigenvalue weighted by Crippen LogP contribution is 2.29. The van der Waals surface area contributed by atoms with Crippen LogP contribution in [0.2, 0.25) is 0 Å². The van der Waals surface area contributed by atoms with Gasteiger partial charge in [0.2, 0.25) is 5.13 Å². The van der Waals surface area contributed by atoms with Gasteiger partial charge in [0, 0.05) is 15.8 Å². The molecule has 0 aliphatic rings. The Morgan fingerprint density at radius 1 is 1.16 bits per heavy atom. The summed E-state index contributed by atoms with van der Waals surface area (Å²) in [5.41, 5.74) is 1.74. The van der Waals surface area contributed by atoms with Gasteiger partial charge in [0.25, 0.3) is 5.91 Å². The highest BCUT2D eigenvalue weighted by Gasteiger charge is 2.10. The van der Waals surface area contributed by atoms with Gasteiger partial charge in [0.1, 0.15) is 5.75 Å². The molecular weight excluding hydrogens is 422 g/mol. The number of amides is 1. The summed E-state index contributed by atoms with van der Waals surface area (Å²) in [4.78, 5) is 12.2. The van der Waals surface area contributed by atoms with Gasteiger partial charge >= 0.3 is 0 Å². The maximum Gasteiger partial charge on any atom is 0.257 e. The molecule has 3 rings (SSSR count). The minimum atomic E-state index is -0.199. The minimum absolute atomic E-state index is 0.199. The molecule has 8 heteroatoms. The number of aromatic nitrogens is 2. The zero-order valence-electron chi connectivity index (χ0n) is 13.2. The third-order valence-corrected chi connectivity index (χ3v) is 5.83. The van der Waals surface area contributed by atoms with Crippen LogP contribution in [0.25, 0.3) is 0 Å². The Morgan fingerprint density at radius 3 is 2.56 bits per heavy atom. The van der Waals surface area contributed by atoms with Crippen LogP contribution in [0.3, 0.4) is 0 Å². The third kappa shape index (κ3) is 5.04. The summed E-state index contributed by atoms with van der Waals surface area (Å²) < 4.78 is 6.88. The topological polar surface area (TPSA) is 64.1 Å². The van der Waals surface area contributed by atoms with Crippen molar-refractivity contribution in [2.75, 3.05) is 12.4 Å². The Morgan fingerprint density at radius 2 is 1.88 bits per heavy atom. The van der Waals surface area contributed by atoms with Crippen LogP contribution in [0.15, 0.2) is 57.3 Å². The molecule has 25 heavy (non-hydrogen) atoms. The van der Waals surface area contributed by atoms with Gasteiger partial charge in [-0.2, -0.15) is 0 Å². The number of carbonyl (C=O) groups excluding carboxylic acids is 1. The number of anilines is 1. The molecule has 0 saturated heterocycles. The van der Waals surface area contributed by atoms with E-state index in [1.165, 1.54) is 16.9 Å². The summed E-state index contributed by atoms with van der Waals surface area (Å²) in [6, 6.07) is 15.0. The molecule has 0 saturated carbocycles. The van der Waals surface area contributed by atoms with Gasteiger partial charge in [-0.15, -0.1) is 10.2 Å². The van der Waals surface area contributed by atoms with E-state index in [1.807, 2.05) is 36.4 Å². The second-order valence-electron chi connectivity index (χ2n) is 4.97. The molecule has 0 aliphatic heterocycles. The molecule has 0 atom stereocenters. The maximum atomic E-state index is 12.2. The van der Waals surface area contributed by atoms with Crippen LogP contribution in [0.5, 0.6) is 5.75 Å². The van der Waals surface area contributed by atoms with Gasteiger partial charge in [0.15, 0.2) is 4.34 Å². The zero-order valence-corrected chi connectivity index (χ0v) is 16.5. The van der Waals surface area contributed by atoms with Crippen LogP contribution < -0.4 is 10.1 Å². The van der Waals surface area contributed by atoms with Crippen molar-refractivity contribution in [1.29, 1.82) is 0 Å². The monoisotopic (exact) mass is 435 g/mol. The molecule has 0 spiro atoms. The van der Waals surface area contributed by atoms with E-state index >= 15 is 0 Å². The minimum Gasteiger partial charge on any atom is -0.497 e. The van der Waals surface area contributed by atoms with Gasteiger partial charge in [-0.05, 0) is 42.0 Å². The number of hydrogen-bond acceptors (Lipinski definition) is 6. The lowest BCUT2D eigenvalue weighted by Crippen LogP contribution is -2.11. The van der Waals surface area contributed by atoms with Crippen LogP contribution in [-0.2, 0) is 5.75 Å². The first-order valence-electron chi connectivity index (χ1n) is 7.30. The van der Waals surface area contributed by atoms with Crippen LogP contribution in [0, 0.1) is 0 Å². The van der Waals surface area contributed by atoms with E-state index in [0.717, 1.165) is 20.3 Å². The second kappa shape index (κ2) is 8.46.